The van der Waals surface area contributed by atoms with Gasteiger partial charge in [0.15, 0.2) is 5.11 Å². The number of nitrogens with zero attached hydrogens (tertiary/aromatic N) is 1. The van der Waals surface area contributed by atoms with Gasteiger partial charge in [-0.05, 0) is 87.0 Å². The van der Waals surface area contributed by atoms with E-state index in [9.17, 15) is 0 Å². The van der Waals surface area contributed by atoms with Crippen molar-refractivity contribution < 1.29 is 18.6 Å². The minimum absolute atomic E-state index is 0.00210. The van der Waals surface area contributed by atoms with Crippen LogP contribution in [0, 0.1) is 6.92 Å². The second kappa shape index (κ2) is 9.77. The summed E-state index contributed by atoms with van der Waals surface area (Å²) in [7, 11) is 3.20. The van der Waals surface area contributed by atoms with Crippen LogP contribution < -0.4 is 30.5 Å². The summed E-state index contributed by atoms with van der Waals surface area (Å²) in [6.07, 6.45) is 8.24. The maximum absolute atomic E-state index is 6.59. The monoisotopic (exact) mass is 493 g/mol. The first-order chi connectivity index (χ1) is 17.0. The highest BCUT2D eigenvalue weighted by atomic mass is 32.1. The van der Waals surface area contributed by atoms with Crippen LogP contribution in [0.5, 0.6) is 17.2 Å². The van der Waals surface area contributed by atoms with Crippen LogP contribution in [0.15, 0.2) is 45.9 Å². The van der Waals surface area contributed by atoms with Crippen molar-refractivity contribution in [2.24, 2.45) is 5.10 Å². The number of anilines is 1. The van der Waals surface area contributed by atoms with E-state index >= 15 is 0 Å². The number of aryl methyl sites for hydroxylation is 2. The first-order valence-corrected chi connectivity index (χ1v) is 12.5. The van der Waals surface area contributed by atoms with Crippen molar-refractivity contribution in [3.05, 3.63) is 53.1 Å². The van der Waals surface area contributed by atoms with Crippen LogP contribution in [-0.2, 0) is 6.42 Å². The fourth-order valence-electron chi connectivity index (χ4n) is 5.10. The third kappa shape index (κ3) is 4.93. The summed E-state index contributed by atoms with van der Waals surface area (Å²) in [5.41, 5.74) is 7.10. The molecular formula is C27H31N3O4S. The molecule has 3 aromatic rings. The van der Waals surface area contributed by atoms with Crippen molar-refractivity contribution in [2.45, 2.75) is 57.5 Å². The van der Waals surface area contributed by atoms with Crippen LogP contribution in [0.3, 0.4) is 0 Å². The molecule has 1 aliphatic carbocycles. The Labute approximate surface area is 210 Å². The van der Waals surface area contributed by atoms with E-state index in [1.54, 1.807) is 20.3 Å². The van der Waals surface area contributed by atoms with Crippen molar-refractivity contribution in [2.75, 3.05) is 19.5 Å². The Kier molecular flexibility index (Phi) is 6.56. The number of fused-ring (bicyclic) bond motifs is 2. The Morgan fingerprint density at radius 1 is 1.03 bits per heavy atom. The molecule has 0 amide bonds. The molecule has 1 aromatic heterocycles. The second-order valence-corrected chi connectivity index (χ2v) is 9.72. The van der Waals surface area contributed by atoms with Gasteiger partial charge >= 0.3 is 0 Å². The van der Waals surface area contributed by atoms with Crippen molar-refractivity contribution in [3.8, 4) is 17.2 Å². The summed E-state index contributed by atoms with van der Waals surface area (Å²) < 4.78 is 23.4. The quantitative estimate of drug-likeness (QED) is 0.362. The van der Waals surface area contributed by atoms with E-state index in [2.05, 4.69) is 28.8 Å². The highest BCUT2D eigenvalue weighted by Crippen LogP contribution is 2.43. The zero-order valence-electron chi connectivity index (χ0n) is 20.4. The van der Waals surface area contributed by atoms with E-state index in [-0.39, 0.29) is 5.60 Å². The number of benzene rings is 2. The van der Waals surface area contributed by atoms with Crippen LogP contribution >= 0.6 is 12.2 Å². The number of nitrogens with one attached hydrogen (secondary N) is 2. The molecule has 0 bridgehead atoms. The zero-order valence-corrected chi connectivity index (χ0v) is 21.2. The number of hydrogen-bond donors (Lipinski definition) is 2. The molecule has 0 unspecified atom stereocenters. The minimum atomic E-state index is -0.00210. The third-order valence-electron chi connectivity index (χ3n) is 7.01. The van der Waals surface area contributed by atoms with Gasteiger partial charge in [0.2, 0.25) is 5.55 Å². The lowest BCUT2D eigenvalue weighted by Crippen LogP contribution is -2.41. The largest absolute Gasteiger partial charge is 0.497 e. The third-order valence-corrected chi connectivity index (χ3v) is 7.20. The van der Waals surface area contributed by atoms with Gasteiger partial charge in [0.25, 0.3) is 0 Å². The number of ether oxygens (including phenoxy) is 3. The molecule has 1 saturated carbocycles. The molecule has 2 aromatic carbocycles. The average Bonchev–Trinajstić information content (AvgIpc) is 2.87. The molecule has 2 N–H and O–H groups in total. The Morgan fingerprint density at radius 2 is 1.86 bits per heavy atom. The van der Waals surface area contributed by atoms with Gasteiger partial charge in [-0.25, -0.2) is 5.43 Å². The van der Waals surface area contributed by atoms with Gasteiger partial charge < -0.3 is 23.9 Å². The van der Waals surface area contributed by atoms with Crippen molar-refractivity contribution in [1.82, 2.24) is 5.43 Å². The van der Waals surface area contributed by atoms with E-state index in [0.29, 0.717) is 27.9 Å². The molecule has 2 heterocycles. The van der Waals surface area contributed by atoms with Crippen molar-refractivity contribution in [1.29, 1.82) is 0 Å². The summed E-state index contributed by atoms with van der Waals surface area (Å²) in [6, 6.07) is 11.6. The van der Waals surface area contributed by atoms with Crippen LogP contribution in [0.4, 0.5) is 5.69 Å². The maximum Gasteiger partial charge on any atom is 0.236 e. The molecular weight excluding hydrogens is 462 g/mol. The summed E-state index contributed by atoms with van der Waals surface area (Å²) in [5.74, 6) is 2.25. The summed E-state index contributed by atoms with van der Waals surface area (Å²) in [4.78, 5) is 0. The Balaban J connectivity index is 1.37. The fraction of sp³-hybridized carbons (Fsp3) is 0.407. The molecule has 5 rings (SSSR count). The average molecular weight is 494 g/mol. The van der Waals surface area contributed by atoms with Gasteiger partial charge in [-0.2, -0.15) is 0 Å². The van der Waals surface area contributed by atoms with Crippen molar-refractivity contribution >= 4 is 34.0 Å². The van der Waals surface area contributed by atoms with Crippen LogP contribution in [0.25, 0.3) is 11.0 Å². The number of hydrogen-bond acceptors (Lipinski definition) is 6. The standard InChI is InChI=1S/C27H31N3O4S/c1-17-13-25(29-30-26(35)28-21-8-7-19(31-2)15-24(21)32-3)33-23-16-22-18(14-20(17)23)9-12-27(34-22)10-5-4-6-11-27/h7-8,13-16H,4-6,9-12H2,1-3H3,(H2,28,30,35)/b29-25-. The van der Waals surface area contributed by atoms with E-state index in [1.807, 2.05) is 24.3 Å². The van der Waals surface area contributed by atoms with Gasteiger partial charge in [-0.3, -0.25) is 0 Å². The highest BCUT2D eigenvalue weighted by Gasteiger charge is 2.37. The topological polar surface area (TPSA) is 77.2 Å². The second-order valence-electron chi connectivity index (χ2n) is 9.31. The SMILES string of the molecule is COc1ccc(NC(=S)N/N=c2/cc(C)c3cc4c(cc3o2)OC2(CCCCC2)CC4)c(OC)c1. The maximum atomic E-state index is 6.59. The van der Waals surface area contributed by atoms with E-state index in [1.165, 1.54) is 24.8 Å². The first kappa shape index (κ1) is 23.5. The van der Waals surface area contributed by atoms with Gasteiger partial charge in [0, 0.05) is 23.6 Å². The predicted octanol–water partition coefficient (Wildman–Crippen LogP) is 5.59. The molecule has 35 heavy (non-hydrogen) atoms. The van der Waals surface area contributed by atoms with E-state index in [0.717, 1.165) is 48.0 Å². The molecule has 1 spiro atoms. The Hall–Kier alpha value is -3.26. The van der Waals surface area contributed by atoms with Gasteiger partial charge in [-0.15, -0.1) is 5.10 Å². The Morgan fingerprint density at radius 3 is 2.63 bits per heavy atom. The number of methoxy groups -OCH3 is 2. The molecule has 0 saturated heterocycles. The molecule has 7 nitrogen and oxygen atoms in total. The predicted molar refractivity (Wildman–Crippen MR) is 140 cm³/mol. The van der Waals surface area contributed by atoms with Crippen molar-refractivity contribution in [3.63, 3.8) is 0 Å². The molecule has 1 fully saturated rings. The lowest BCUT2D eigenvalue weighted by molar-refractivity contribution is 0.0109. The summed E-state index contributed by atoms with van der Waals surface area (Å²) in [5, 5.41) is 8.86. The molecule has 1 aliphatic heterocycles. The number of rotatable bonds is 4. The van der Waals surface area contributed by atoms with E-state index < -0.39 is 0 Å². The van der Waals surface area contributed by atoms with Gasteiger partial charge in [-0.1, -0.05) is 6.42 Å². The summed E-state index contributed by atoms with van der Waals surface area (Å²) in [6.45, 7) is 2.06. The van der Waals surface area contributed by atoms with Gasteiger partial charge in [0.05, 0.1) is 19.9 Å². The lowest BCUT2D eigenvalue weighted by atomic mass is 9.79. The minimum Gasteiger partial charge on any atom is -0.497 e. The molecule has 0 radical (unpaired) electrons. The lowest BCUT2D eigenvalue weighted by Gasteiger charge is -2.41. The van der Waals surface area contributed by atoms with Crippen LogP contribution in [-0.4, -0.2) is 24.9 Å². The molecule has 2 aliphatic rings. The molecule has 184 valence electrons. The van der Waals surface area contributed by atoms with Crippen LogP contribution in [0.1, 0.15) is 49.7 Å². The highest BCUT2D eigenvalue weighted by molar-refractivity contribution is 7.80. The zero-order chi connectivity index (χ0) is 24.4. The summed E-state index contributed by atoms with van der Waals surface area (Å²) >= 11 is 5.42. The molecule has 0 atom stereocenters. The smallest absolute Gasteiger partial charge is 0.236 e. The van der Waals surface area contributed by atoms with Gasteiger partial charge in [0.1, 0.15) is 28.4 Å². The van der Waals surface area contributed by atoms with Crippen LogP contribution in [0.2, 0.25) is 0 Å². The Bertz CT molecular complexity index is 1330. The first-order valence-electron chi connectivity index (χ1n) is 12.1. The normalized spacial score (nSPS) is 16.9. The van der Waals surface area contributed by atoms with E-state index in [4.69, 9.17) is 30.8 Å². The number of thiocarbonyl (C=S) groups is 1. The fourth-order valence-corrected chi connectivity index (χ4v) is 5.26. The molecule has 8 heteroatoms.